The first-order valence-electron chi connectivity index (χ1n) is 24.3. The maximum absolute atomic E-state index is 14.2. The molecule has 9 atom stereocenters. The topological polar surface area (TPSA) is 134 Å². The van der Waals surface area contributed by atoms with Crippen LogP contribution in [0.25, 0.3) is 0 Å². The van der Waals surface area contributed by atoms with Crippen molar-refractivity contribution < 1.29 is 57.0 Å². The van der Waals surface area contributed by atoms with E-state index in [9.17, 15) is 14.4 Å². The van der Waals surface area contributed by atoms with E-state index in [0.29, 0.717) is 19.8 Å². The summed E-state index contributed by atoms with van der Waals surface area (Å²) in [6.45, 7) is 0.820. The first-order chi connectivity index (χ1) is 35.9. The van der Waals surface area contributed by atoms with Gasteiger partial charge in [0.2, 0.25) is 0 Å². The van der Waals surface area contributed by atoms with Crippen LogP contribution >= 0.6 is 11.8 Å². The number of benzene rings is 7. The fraction of sp³-hybridized carbons (Fsp3) is 0.250. The molecule has 7 aromatic rings. The Labute approximate surface area is 429 Å². The fourth-order valence-electron chi connectivity index (χ4n) is 8.56. The number of carbonyl (C=O) groups is 3. The first-order valence-corrected chi connectivity index (χ1v) is 25.2. The summed E-state index contributed by atoms with van der Waals surface area (Å²) in [7, 11) is 0. The monoisotopic (exact) mass is 1000 g/mol. The standard InChI is InChI=1S/C60H56O12S/c61-57(45-28-14-4-15-29-45)70-54-51(69-60(73-48-34-20-7-21-35-48)56(72-59(63)47-32-18-6-19-33-47)55(54)71-58(62)46-30-16-5-17-31-46)41-66-52-36-49(65-38-43-24-10-2-11-25-43)53(67-39-44-26-12-3-13-27-44)50(68-52)40-64-37-42-22-8-1-9-23-42/h1-35,49-56,60H,36-41H2/t49-,50-,51-,52+,53-,54-,55+,56-,60+/m1/s1. The summed E-state index contributed by atoms with van der Waals surface area (Å²) in [5.74, 6) is -2.15. The van der Waals surface area contributed by atoms with Gasteiger partial charge in [0.1, 0.15) is 23.7 Å². The van der Waals surface area contributed by atoms with Crippen molar-refractivity contribution in [3.63, 3.8) is 0 Å². The van der Waals surface area contributed by atoms with Crippen LogP contribution in [0.4, 0.5) is 0 Å². The Kier molecular flexibility index (Phi) is 18.3. The van der Waals surface area contributed by atoms with E-state index in [2.05, 4.69) is 0 Å². The molecule has 0 unspecified atom stereocenters. The average Bonchev–Trinajstić information content (AvgIpc) is 3.44. The number of thioether (sulfide) groups is 1. The Morgan fingerprint density at radius 2 is 0.822 bits per heavy atom. The molecule has 12 nitrogen and oxygen atoms in total. The summed E-state index contributed by atoms with van der Waals surface area (Å²) < 4.78 is 59.4. The second-order valence-corrected chi connectivity index (χ2v) is 18.6. The second-order valence-electron chi connectivity index (χ2n) is 17.5. The molecule has 9 rings (SSSR count). The van der Waals surface area contributed by atoms with Gasteiger partial charge in [0.15, 0.2) is 24.6 Å². The minimum Gasteiger partial charge on any atom is -0.452 e. The maximum Gasteiger partial charge on any atom is 0.338 e. The zero-order valence-corrected chi connectivity index (χ0v) is 40.8. The molecule has 0 N–H and O–H groups in total. The molecule has 73 heavy (non-hydrogen) atoms. The molecule has 0 bridgehead atoms. The van der Waals surface area contributed by atoms with Gasteiger partial charge >= 0.3 is 17.9 Å². The van der Waals surface area contributed by atoms with Crippen molar-refractivity contribution in [1.29, 1.82) is 0 Å². The molecule has 2 heterocycles. The smallest absolute Gasteiger partial charge is 0.338 e. The highest BCUT2D eigenvalue weighted by molar-refractivity contribution is 7.99. The lowest BCUT2D eigenvalue weighted by Gasteiger charge is -2.45. The van der Waals surface area contributed by atoms with Crippen LogP contribution in [0.15, 0.2) is 217 Å². The van der Waals surface area contributed by atoms with Crippen LogP contribution in [-0.4, -0.2) is 85.6 Å². The Morgan fingerprint density at radius 1 is 0.411 bits per heavy atom. The van der Waals surface area contributed by atoms with Crippen molar-refractivity contribution in [3.05, 3.63) is 246 Å². The number of hydrogen-bond donors (Lipinski definition) is 0. The average molecular weight is 1000 g/mol. The van der Waals surface area contributed by atoms with E-state index in [0.717, 1.165) is 21.6 Å². The van der Waals surface area contributed by atoms with Crippen molar-refractivity contribution in [2.45, 2.75) is 85.6 Å². The summed E-state index contributed by atoms with van der Waals surface area (Å²) in [5.41, 5.74) is 2.66. The maximum atomic E-state index is 14.2. The molecule has 0 amide bonds. The van der Waals surface area contributed by atoms with Crippen LogP contribution in [0.5, 0.6) is 0 Å². The highest BCUT2D eigenvalue weighted by atomic mass is 32.2. The van der Waals surface area contributed by atoms with Gasteiger partial charge in [-0.05, 0) is 65.2 Å². The Bertz CT molecular complexity index is 2760. The van der Waals surface area contributed by atoms with Crippen molar-refractivity contribution in [2.75, 3.05) is 13.2 Å². The lowest BCUT2D eigenvalue weighted by Crippen LogP contribution is -2.62. The van der Waals surface area contributed by atoms with Gasteiger partial charge in [0.05, 0.1) is 55.8 Å². The summed E-state index contributed by atoms with van der Waals surface area (Å²) >= 11 is 1.26. The van der Waals surface area contributed by atoms with Gasteiger partial charge in [-0.2, -0.15) is 0 Å². The van der Waals surface area contributed by atoms with Crippen molar-refractivity contribution in [3.8, 4) is 0 Å². The van der Waals surface area contributed by atoms with E-state index < -0.39 is 72.4 Å². The highest BCUT2D eigenvalue weighted by Crippen LogP contribution is 2.39. The van der Waals surface area contributed by atoms with Crippen molar-refractivity contribution >= 4 is 29.7 Å². The molecule has 0 radical (unpaired) electrons. The number of rotatable bonds is 21. The molecule has 7 aromatic carbocycles. The molecular formula is C60H56O12S. The lowest BCUT2D eigenvalue weighted by atomic mass is 9.98. The molecule has 0 spiro atoms. The van der Waals surface area contributed by atoms with E-state index in [1.54, 1.807) is 91.0 Å². The van der Waals surface area contributed by atoms with Gasteiger partial charge in [-0.15, -0.1) is 0 Å². The minimum absolute atomic E-state index is 0.137. The lowest BCUT2D eigenvalue weighted by molar-refractivity contribution is -0.290. The van der Waals surface area contributed by atoms with E-state index in [4.69, 9.17) is 42.6 Å². The molecule has 2 aliphatic heterocycles. The van der Waals surface area contributed by atoms with Crippen LogP contribution in [0, 0.1) is 0 Å². The second kappa shape index (κ2) is 26.1. The van der Waals surface area contributed by atoms with Crippen LogP contribution in [0.2, 0.25) is 0 Å². The zero-order chi connectivity index (χ0) is 50.0. The minimum atomic E-state index is -1.42. The SMILES string of the molecule is O=C(O[C@@H]1[C@@H](OC(=O)c2ccccc2)[C@H](Sc2ccccc2)O[C@H](CO[C@@H]2C[C@@H](OCc3ccccc3)[C@@H](OCc3ccccc3)[C@@H](COCc3ccccc3)O2)[C@H]1OC(=O)c1ccccc1)c1ccccc1. The van der Waals surface area contributed by atoms with Gasteiger partial charge < -0.3 is 42.6 Å². The molecule has 0 aliphatic carbocycles. The molecule has 2 aliphatic rings. The summed E-state index contributed by atoms with van der Waals surface area (Å²) in [6, 6.07) is 64.4. The van der Waals surface area contributed by atoms with Gasteiger partial charge in [-0.25, -0.2) is 14.4 Å². The molecule has 374 valence electrons. The predicted molar refractivity (Wildman–Crippen MR) is 273 cm³/mol. The Hall–Kier alpha value is -6.94. The van der Waals surface area contributed by atoms with Gasteiger partial charge in [0.25, 0.3) is 0 Å². The fourth-order valence-corrected chi connectivity index (χ4v) is 9.69. The Morgan fingerprint density at radius 3 is 1.33 bits per heavy atom. The Balaban J connectivity index is 1.05. The molecule has 2 fully saturated rings. The van der Waals surface area contributed by atoms with Crippen LogP contribution in [-0.2, 0) is 62.5 Å². The van der Waals surface area contributed by atoms with E-state index in [1.807, 2.05) is 121 Å². The van der Waals surface area contributed by atoms with Crippen molar-refractivity contribution in [1.82, 2.24) is 0 Å². The molecule has 0 saturated carbocycles. The number of carbonyl (C=O) groups excluding carboxylic acids is 3. The van der Waals surface area contributed by atoms with Gasteiger partial charge in [-0.3, -0.25) is 0 Å². The van der Waals surface area contributed by atoms with E-state index in [1.165, 1.54) is 11.8 Å². The van der Waals surface area contributed by atoms with Gasteiger partial charge in [-0.1, -0.05) is 176 Å². The van der Waals surface area contributed by atoms with Crippen LogP contribution < -0.4 is 0 Å². The van der Waals surface area contributed by atoms with Crippen LogP contribution in [0.3, 0.4) is 0 Å². The highest BCUT2D eigenvalue weighted by Gasteiger charge is 2.53. The summed E-state index contributed by atoms with van der Waals surface area (Å²) in [4.78, 5) is 43.3. The number of esters is 3. The number of hydrogen-bond acceptors (Lipinski definition) is 13. The van der Waals surface area contributed by atoms with E-state index >= 15 is 0 Å². The molecule has 2 saturated heterocycles. The first kappa shape index (κ1) is 51.0. The quantitative estimate of drug-likeness (QED) is 0.0500. The third-order valence-corrected chi connectivity index (χ3v) is 13.4. The van der Waals surface area contributed by atoms with Gasteiger partial charge in [0, 0.05) is 11.3 Å². The predicted octanol–water partition coefficient (Wildman–Crippen LogP) is 10.7. The third kappa shape index (κ3) is 14.4. The third-order valence-electron chi connectivity index (χ3n) is 12.3. The number of ether oxygens (including phenoxy) is 9. The molecule has 0 aromatic heterocycles. The molecule has 13 heteroatoms. The summed E-state index contributed by atoms with van der Waals surface area (Å²) in [5, 5.41) is 0. The normalized spacial score (nSPS) is 22.7. The van der Waals surface area contributed by atoms with Crippen molar-refractivity contribution in [2.24, 2.45) is 0 Å². The largest absolute Gasteiger partial charge is 0.452 e. The van der Waals surface area contributed by atoms with E-state index in [-0.39, 0.29) is 36.3 Å². The van der Waals surface area contributed by atoms with Crippen LogP contribution in [0.1, 0.15) is 54.2 Å². The molecular weight excluding hydrogens is 945 g/mol. The zero-order valence-electron chi connectivity index (χ0n) is 40.0. The summed E-state index contributed by atoms with van der Waals surface area (Å²) in [6.07, 6.45) is -7.73.